The first-order valence-corrected chi connectivity index (χ1v) is 9.14. The van der Waals surface area contributed by atoms with Gasteiger partial charge in [0.1, 0.15) is 18.0 Å². The van der Waals surface area contributed by atoms with Crippen molar-refractivity contribution in [2.75, 3.05) is 38.2 Å². The number of likely N-dealkylation sites (tertiary alicyclic amines) is 1. The Morgan fingerprint density at radius 3 is 3.04 bits per heavy atom. The zero-order chi connectivity index (χ0) is 17.6. The highest BCUT2D eigenvalue weighted by atomic mass is 19.1. The summed E-state index contributed by atoms with van der Waals surface area (Å²) in [6.07, 6.45) is 3.67. The molecule has 3 rings (SSSR count). The van der Waals surface area contributed by atoms with Crippen LogP contribution in [0.5, 0.6) is 0 Å². The SMILES string of the molecule is CCOCCCN1CCC(Nc2ncnc3ccc(F)cc23)C(C)C1. The molecular weight excluding hydrogens is 319 g/mol. The Morgan fingerprint density at radius 2 is 2.24 bits per heavy atom. The quantitative estimate of drug-likeness (QED) is 0.780. The minimum absolute atomic E-state index is 0.262. The summed E-state index contributed by atoms with van der Waals surface area (Å²) in [5.41, 5.74) is 0.764. The van der Waals surface area contributed by atoms with Crippen molar-refractivity contribution in [3.8, 4) is 0 Å². The van der Waals surface area contributed by atoms with Crippen LogP contribution in [0.4, 0.5) is 10.2 Å². The van der Waals surface area contributed by atoms with E-state index in [1.807, 2.05) is 6.92 Å². The molecule has 6 heteroatoms. The van der Waals surface area contributed by atoms with E-state index in [-0.39, 0.29) is 5.82 Å². The van der Waals surface area contributed by atoms with Crippen LogP contribution in [0.1, 0.15) is 26.7 Å². The summed E-state index contributed by atoms with van der Waals surface area (Å²) in [6.45, 7) is 9.11. The van der Waals surface area contributed by atoms with Gasteiger partial charge < -0.3 is 15.0 Å². The summed E-state index contributed by atoms with van der Waals surface area (Å²) in [5, 5.41) is 4.27. The van der Waals surface area contributed by atoms with Crippen molar-refractivity contribution in [2.24, 2.45) is 5.92 Å². The predicted octanol–water partition coefficient (Wildman–Crippen LogP) is 3.32. The van der Waals surface area contributed by atoms with Crippen LogP contribution in [0.25, 0.3) is 10.9 Å². The minimum atomic E-state index is -0.262. The molecule has 1 aliphatic heterocycles. The van der Waals surface area contributed by atoms with E-state index in [4.69, 9.17) is 4.74 Å². The number of piperidine rings is 1. The fourth-order valence-electron chi connectivity index (χ4n) is 3.50. The van der Waals surface area contributed by atoms with E-state index in [9.17, 15) is 4.39 Å². The molecule has 1 aromatic heterocycles. The molecule has 1 aliphatic rings. The van der Waals surface area contributed by atoms with Gasteiger partial charge in [-0.15, -0.1) is 0 Å². The van der Waals surface area contributed by atoms with Crippen LogP contribution >= 0.6 is 0 Å². The number of aromatic nitrogens is 2. The normalized spacial score (nSPS) is 21.6. The maximum absolute atomic E-state index is 13.6. The third-order valence-corrected chi connectivity index (χ3v) is 4.88. The van der Waals surface area contributed by atoms with E-state index in [1.165, 1.54) is 18.5 Å². The Kier molecular flexibility index (Phi) is 6.15. The van der Waals surface area contributed by atoms with Gasteiger partial charge in [-0.05, 0) is 43.9 Å². The Balaban J connectivity index is 1.60. The largest absolute Gasteiger partial charge is 0.382 e. The molecule has 1 aromatic carbocycles. The maximum atomic E-state index is 13.6. The predicted molar refractivity (Wildman–Crippen MR) is 98.2 cm³/mol. The molecule has 1 N–H and O–H groups in total. The molecule has 1 fully saturated rings. The van der Waals surface area contributed by atoms with Gasteiger partial charge in [0.05, 0.1) is 5.52 Å². The summed E-state index contributed by atoms with van der Waals surface area (Å²) in [4.78, 5) is 11.1. The minimum Gasteiger partial charge on any atom is -0.382 e. The lowest BCUT2D eigenvalue weighted by atomic mass is 9.93. The van der Waals surface area contributed by atoms with Gasteiger partial charge in [0, 0.05) is 44.3 Å². The smallest absolute Gasteiger partial charge is 0.137 e. The summed E-state index contributed by atoms with van der Waals surface area (Å²) in [5.74, 6) is 0.966. The van der Waals surface area contributed by atoms with Gasteiger partial charge in [-0.25, -0.2) is 14.4 Å². The Morgan fingerprint density at radius 1 is 1.36 bits per heavy atom. The highest BCUT2D eigenvalue weighted by molar-refractivity contribution is 5.88. The van der Waals surface area contributed by atoms with E-state index < -0.39 is 0 Å². The van der Waals surface area contributed by atoms with Crippen LogP contribution in [0.3, 0.4) is 0 Å². The van der Waals surface area contributed by atoms with Crippen LogP contribution in [0, 0.1) is 11.7 Å². The number of nitrogens with one attached hydrogen (secondary N) is 1. The molecule has 2 atom stereocenters. The molecule has 5 nitrogen and oxygen atoms in total. The van der Waals surface area contributed by atoms with Crippen molar-refractivity contribution in [1.82, 2.24) is 14.9 Å². The highest BCUT2D eigenvalue weighted by Gasteiger charge is 2.26. The lowest BCUT2D eigenvalue weighted by molar-refractivity contribution is 0.117. The Hall–Kier alpha value is -1.79. The zero-order valence-corrected chi connectivity index (χ0v) is 15.0. The van der Waals surface area contributed by atoms with Crippen molar-refractivity contribution in [3.63, 3.8) is 0 Å². The molecule has 0 saturated carbocycles. The van der Waals surface area contributed by atoms with Crippen molar-refractivity contribution in [1.29, 1.82) is 0 Å². The number of rotatable bonds is 7. The lowest BCUT2D eigenvalue weighted by Crippen LogP contribution is -2.45. The van der Waals surface area contributed by atoms with Crippen molar-refractivity contribution < 1.29 is 9.13 Å². The van der Waals surface area contributed by atoms with Gasteiger partial charge >= 0.3 is 0 Å². The molecule has 0 bridgehead atoms. The number of benzene rings is 1. The molecule has 0 amide bonds. The number of hydrogen-bond donors (Lipinski definition) is 1. The molecule has 2 heterocycles. The molecular formula is C19H27FN4O. The second-order valence-electron chi connectivity index (χ2n) is 6.75. The zero-order valence-electron chi connectivity index (χ0n) is 15.0. The second kappa shape index (κ2) is 8.54. The van der Waals surface area contributed by atoms with Crippen molar-refractivity contribution >= 4 is 16.7 Å². The van der Waals surface area contributed by atoms with E-state index in [0.29, 0.717) is 12.0 Å². The standard InChI is InChI=1S/C19H27FN4O/c1-3-25-10-4-8-24-9-7-17(14(2)12-24)23-19-16-11-15(20)5-6-18(16)21-13-22-19/h5-6,11,13-14,17H,3-4,7-10,12H2,1-2H3,(H,21,22,23). The molecule has 0 aliphatic carbocycles. The Bertz CT molecular complexity index is 696. The topological polar surface area (TPSA) is 50.3 Å². The van der Waals surface area contributed by atoms with Gasteiger partial charge in [-0.1, -0.05) is 6.92 Å². The summed E-state index contributed by atoms with van der Waals surface area (Å²) >= 11 is 0. The number of fused-ring (bicyclic) bond motifs is 1. The van der Waals surface area contributed by atoms with Crippen molar-refractivity contribution in [3.05, 3.63) is 30.3 Å². The van der Waals surface area contributed by atoms with Crippen LogP contribution in [-0.4, -0.2) is 53.8 Å². The van der Waals surface area contributed by atoms with Gasteiger partial charge in [0.25, 0.3) is 0 Å². The molecule has 0 radical (unpaired) electrons. The molecule has 25 heavy (non-hydrogen) atoms. The number of nitrogens with zero attached hydrogens (tertiary/aromatic N) is 3. The van der Waals surface area contributed by atoms with E-state index in [0.717, 1.165) is 62.4 Å². The first-order valence-electron chi connectivity index (χ1n) is 9.14. The first kappa shape index (κ1) is 18.0. The van der Waals surface area contributed by atoms with Gasteiger partial charge in [0.2, 0.25) is 0 Å². The molecule has 2 unspecified atom stereocenters. The van der Waals surface area contributed by atoms with Crippen LogP contribution < -0.4 is 5.32 Å². The van der Waals surface area contributed by atoms with Gasteiger partial charge in [0.15, 0.2) is 0 Å². The van der Waals surface area contributed by atoms with Gasteiger partial charge in [-0.3, -0.25) is 0 Å². The van der Waals surface area contributed by atoms with Crippen LogP contribution in [-0.2, 0) is 4.74 Å². The molecule has 2 aromatic rings. The third-order valence-electron chi connectivity index (χ3n) is 4.88. The average molecular weight is 346 g/mol. The fraction of sp³-hybridized carbons (Fsp3) is 0.579. The summed E-state index contributed by atoms with van der Waals surface area (Å²) in [6, 6.07) is 4.97. The van der Waals surface area contributed by atoms with E-state index in [2.05, 4.69) is 27.1 Å². The Labute approximate surface area is 148 Å². The number of halogens is 1. The van der Waals surface area contributed by atoms with Crippen molar-refractivity contribution in [2.45, 2.75) is 32.7 Å². The lowest BCUT2D eigenvalue weighted by Gasteiger charge is -2.37. The monoisotopic (exact) mass is 346 g/mol. The number of anilines is 1. The summed E-state index contributed by atoms with van der Waals surface area (Å²) < 4.78 is 19.0. The first-order chi connectivity index (χ1) is 12.2. The molecule has 1 saturated heterocycles. The fourth-order valence-corrected chi connectivity index (χ4v) is 3.50. The highest BCUT2D eigenvalue weighted by Crippen LogP contribution is 2.25. The third kappa shape index (κ3) is 4.64. The summed E-state index contributed by atoms with van der Waals surface area (Å²) in [7, 11) is 0. The number of hydrogen-bond acceptors (Lipinski definition) is 5. The van der Waals surface area contributed by atoms with Gasteiger partial charge in [-0.2, -0.15) is 0 Å². The van der Waals surface area contributed by atoms with E-state index >= 15 is 0 Å². The maximum Gasteiger partial charge on any atom is 0.137 e. The van der Waals surface area contributed by atoms with Crippen LogP contribution in [0.15, 0.2) is 24.5 Å². The average Bonchev–Trinajstić information content (AvgIpc) is 2.61. The van der Waals surface area contributed by atoms with Crippen LogP contribution in [0.2, 0.25) is 0 Å². The number of ether oxygens (including phenoxy) is 1. The molecule has 136 valence electrons. The molecule has 0 spiro atoms. The second-order valence-corrected chi connectivity index (χ2v) is 6.75. The van der Waals surface area contributed by atoms with E-state index in [1.54, 1.807) is 6.07 Å².